The number of likely N-dealkylation sites (tertiary alicyclic amines) is 2. The van der Waals surface area contributed by atoms with Crippen LogP contribution >= 0.6 is 11.3 Å². The first-order chi connectivity index (χ1) is 10.8. The van der Waals surface area contributed by atoms with E-state index in [0.29, 0.717) is 17.7 Å². The molecule has 0 bridgehead atoms. The zero-order chi connectivity index (χ0) is 14.9. The van der Waals surface area contributed by atoms with Crippen molar-refractivity contribution in [2.75, 3.05) is 19.6 Å². The summed E-state index contributed by atoms with van der Waals surface area (Å²) in [6.07, 6.45) is 4.03. The van der Waals surface area contributed by atoms with Gasteiger partial charge in [0, 0.05) is 30.6 Å². The molecule has 2 fully saturated rings. The van der Waals surface area contributed by atoms with E-state index >= 15 is 0 Å². The Kier molecular flexibility index (Phi) is 3.76. The molecule has 2 aromatic heterocycles. The van der Waals surface area contributed by atoms with Gasteiger partial charge in [0.05, 0.1) is 6.26 Å². The predicted octanol–water partition coefficient (Wildman–Crippen LogP) is 3.08. The largest absolute Gasteiger partial charge is 0.459 e. The van der Waals surface area contributed by atoms with Crippen LogP contribution in [0, 0.1) is 5.92 Å². The predicted molar refractivity (Wildman–Crippen MR) is 85.9 cm³/mol. The quantitative estimate of drug-likeness (QED) is 0.873. The highest BCUT2D eigenvalue weighted by Crippen LogP contribution is 2.32. The minimum atomic E-state index is 0.0375. The van der Waals surface area contributed by atoms with Gasteiger partial charge in [0.1, 0.15) is 0 Å². The summed E-state index contributed by atoms with van der Waals surface area (Å²) < 4.78 is 5.27. The molecule has 2 aliphatic rings. The normalized spacial score (nSPS) is 25.4. The second kappa shape index (κ2) is 5.89. The highest BCUT2D eigenvalue weighted by molar-refractivity contribution is 7.09. The number of hydrogen-bond acceptors (Lipinski definition) is 4. The third kappa shape index (κ3) is 2.59. The van der Waals surface area contributed by atoms with Crippen molar-refractivity contribution in [2.24, 2.45) is 5.92 Å². The molecular weight excluding hydrogens is 296 g/mol. The SMILES string of the molecule is O=C(c1ccco1)N1C[C@@H]2CCCN(Cc3cccs3)[C@@H]2C1. The smallest absolute Gasteiger partial charge is 0.289 e. The van der Waals surface area contributed by atoms with Gasteiger partial charge in [0.2, 0.25) is 0 Å². The molecule has 2 atom stereocenters. The zero-order valence-electron chi connectivity index (χ0n) is 12.5. The standard InChI is InChI=1S/C17H20N2O2S/c20-17(16-6-2-8-21-16)19-10-13-4-1-7-18(15(13)12-19)11-14-5-3-9-22-14/h2-3,5-6,8-9,13,15H,1,4,7,10-12H2/t13-,15+/m0/s1. The van der Waals surface area contributed by atoms with Crippen LogP contribution in [0.15, 0.2) is 40.3 Å². The topological polar surface area (TPSA) is 36.7 Å². The second-order valence-electron chi connectivity index (χ2n) is 6.21. The lowest BCUT2D eigenvalue weighted by Crippen LogP contribution is -2.44. The fourth-order valence-corrected chi connectivity index (χ4v) is 4.52. The summed E-state index contributed by atoms with van der Waals surface area (Å²) >= 11 is 1.82. The van der Waals surface area contributed by atoms with Crippen LogP contribution in [0.25, 0.3) is 0 Å². The van der Waals surface area contributed by atoms with Crippen molar-refractivity contribution >= 4 is 17.2 Å². The molecule has 4 rings (SSSR count). The zero-order valence-corrected chi connectivity index (χ0v) is 13.3. The molecule has 0 unspecified atom stereocenters. The molecule has 2 saturated heterocycles. The van der Waals surface area contributed by atoms with Crippen LogP contribution in [-0.2, 0) is 6.54 Å². The Morgan fingerprint density at radius 1 is 1.32 bits per heavy atom. The Hall–Kier alpha value is -1.59. The molecule has 0 saturated carbocycles. The van der Waals surface area contributed by atoms with Crippen LogP contribution in [0.4, 0.5) is 0 Å². The van der Waals surface area contributed by atoms with Gasteiger partial charge < -0.3 is 9.32 Å². The number of nitrogens with zero attached hydrogens (tertiary/aromatic N) is 2. The molecule has 2 aliphatic heterocycles. The fourth-order valence-electron chi connectivity index (χ4n) is 3.79. The van der Waals surface area contributed by atoms with Gasteiger partial charge in [-0.3, -0.25) is 9.69 Å². The minimum absolute atomic E-state index is 0.0375. The number of amides is 1. The van der Waals surface area contributed by atoms with Crippen LogP contribution in [0.1, 0.15) is 28.3 Å². The third-order valence-corrected chi connectivity index (χ3v) is 5.72. The maximum absolute atomic E-state index is 12.5. The van der Waals surface area contributed by atoms with E-state index < -0.39 is 0 Å². The Labute approximate surface area is 134 Å². The summed E-state index contributed by atoms with van der Waals surface area (Å²) in [5, 5.41) is 2.14. The van der Waals surface area contributed by atoms with Crippen molar-refractivity contribution in [3.63, 3.8) is 0 Å². The van der Waals surface area contributed by atoms with E-state index in [-0.39, 0.29) is 5.91 Å². The Morgan fingerprint density at radius 2 is 2.27 bits per heavy atom. The molecule has 1 amide bonds. The maximum Gasteiger partial charge on any atom is 0.289 e. The van der Waals surface area contributed by atoms with Gasteiger partial charge in [0.15, 0.2) is 5.76 Å². The average molecular weight is 316 g/mol. The van der Waals surface area contributed by atoms with E-state index in [9.17, 15) is 4.79 Å². The minimum Gasteiger partial charge on any atom is -0.459 e. The number of carbonyl (C=O) groups is 1. The number of carbonyl (C=O) groups excluding carboxylic acids is 1. The van der Waals surface area contributed by atoms with Crippen molar-refractivity contribution in [3.05, 3.63) is 46.5 Å². The molecule has 22 heavy (non-hydrogen) atoms. The molecule has 2 aromatic rings. The highest BCUT2D eigenvalue weighted by Gasteiger charge is 2.41. The highest BCUT2D eigenvalue weighted by atomic mass is 32.1. The summed E-state index contributed by atoms with van der Waals surface area (Å²) in [5.41, 5.74) is 0. The first-order valence-corrected chi connectivity index (χ1v) is 8.78. The van der Waals surface area contributed by atoms with Crippen LogP contribution in [0.5, 0.6) is 0 Å². The summed E-state index contributed by atoms with van der Waals surface area (Å²) in [5.74, 6) is 1.10. The van der Waals surface area contributed by atoms with Crippen molar-refractivity contribution in [3.8, 4) is 0 Å². The van der Waals surface area contributed by atoms with Gasteiger partial charge in [-0.25, -0.2) is 0 Å². The van der Waals surface area contributed by atoms with E-state index in [4.69, 9.17) is 4.42 Å². The van der Waals surface area contributed by atoms with Crippen molar-refractivity contribution < 1.29 is 9.21 Å². The second-order valence-corrected chi connectivity index (χ2v) is 7.24. The van der Waals surface area contributed by atoms with Crippen molar-refractivity contribution in [2.45, 2.75) is 25.4 Å². The number of hydrogen-bond donors (Lipinski definition) is 0. The van der Waals surface area contributed by atoms with Gasteiger partial charge in [-0.1, -0.05) is 6.07 Å². The number of thiophene rings is 1. The van der Waals surface area contributed by atoms with Gasteiger partial charge in [0.25, 0.3) is 5.91 Å². The molecule has 0 radical (unpaired) electrons. The maximum atomic E-state index is 12.5. The van der Waals surface area contributed by atoms with Crippen LogP contribution in [-0.4, -0.2) is 41.4 Å². The number of furan rings is 1. The molecule has 5 heteroatoms. The van der Waals surface area contributed by atoms with Crippen LogP contribution in [0.2, 0.25) is 0 Å². The molecule has 4 heterocycles. The lowest BCUT2D eigenvalue weighted by atomic mass is 9.92. The van der Waals surface area contributed by atoms with E-state index in [1.807, 2.05) is 16.2 Å². The fraction of sp³-hybridized carbons (Fsp3) is 0.471. The molecule has 4 nitrogen and oxygen atoms in total. The number of fused-ring (bicyclic) bond motifs is 1. The van der Waals surface area contributed by atoms with Gasteiger partial charge in [-0.15, -0.1) is 11.3 Å². The van der Waals surface area contributed by atoms with E-state index in [1.165, 1.54) is 17.7 Å². The van der Waals surface area contributed by atoms with Crippen LogP contribution < -0.4 is 0 Å². The molecular formula is C17H20N2O2S. The van der Waals surface area contributed by atoms with Gasteiger partial charge >= 0.3 is 0 Å². The summed E-state index contributed by atoms with van der Waals surface area (Å²) in [6.45, 7) is 3.85. The summed E-state index contributed by atoms with van der Waals surface area (Å²) in [4.78, 5) is 18.4. The Bertz CT molecular complexity index is 623. The lowest BCUT2D eigenvalue weighted by Gasteiger charge is -2.36. The molecule has 0 spiro atoms. The first kappa shape index (κ1) is 14.0. The summed E-state index contributed by atoms with van der Waals surface area (Å²) in [6, 6.07) is 8.35. The first-order valence-electron chi connectivity index (χ1n) is 7.90. The van der Waals surface area contributed by atoms with Gasteiger partial charge in [-0.05, 0) is 48.9 Å². The van der Waals surface area contributed by atoms with E-state index in [0.717, 1.165) is 26.2 Å². The Balaban J connectivity index is 1.47. The van der Waals surface area contributed by atoms with Crippen molar-refractivity contribution in [1.29, 1.82) is 0 Å². The number of rotatable bonds is 3. The van der Waals surface area contributed by atoms with Crippen molar-refractivity contribution in [1.82, 2.24) is 9.80 Å². The van der Waals surface area contributed by atoms with Gasteiger partial charge in [-0.2, -0.15) is 0 Å². The van der Waals surface area contributed by atoms with Crippen LogP contribution in [0.3, 0.4) is 0 Å². The van der Waals surface area contributed by atoms with E-state index in [2.05, 4.69) is 22.4 Å². The van der Waals surface area contributed by atoms with E-state index in [1.54, 1.807) is 18.4 Å². The molecule has 0 N–H and O–H groups in total. The lowest BCUT2D eigenvalue weighted by molar-refractivity contribution is 0.0743. The third-order valence-electron chi connectivity index (χ3n) is 4.85. The number of piperidine rings is 1. The molecule has 0 aliphatic carbocycles. The average Bonchev–Trinajstić information content (AvgIpc) is 3.28. The Morgan fingerprint density at radius 3 is 3.05 bits per heavy atom. The monoisotopic (exact) mass is 316 g/mol. The molecule has 0 aromatic carbocycles. The summed E-state index contributed by atoms with van der Waals surface area (Å²) in [7, 11) is 0. The molecule has 116 valence electrons.